The minimum Gasteiger partial charge on any atom is -0.549 e. The topological polar surface area (TPSA) is 350 Å². The normalized spacial score (nSPS) is 9.06. The second-order valence-electron chi connectivity index (χ2n) is 5.56. The van der Waals surface area contributed by atoms with Crippen LogP contribution in [0.15, 0.2) is 0 Å². The van der Waals surface area contributed by atoms with E-state index in [0.29, 0.717) is 0 Å². The zero-order valence-corrected chi connectivity index (χ0v) is 22.7. The fourth-order valence-electron chi connectivity index (χ4n) is 2.18. The predicted molar refractivity (Wildman–Crippen MR) is 94.4 cm³/mol. The van der Waals surface area contributed by atoms with E-state index in [1.54, 1.807) is 0 Å². The van der Waals surface area contributed by atoms with Crippen LogP contribution in [0.4, 0.5) is 0 Å². The van der Waals surface area contributed by atoms with Gasteiger partial charge in [0.15, 0.2) is 0 Å². The number of rotatable bonds is 16. The first kappa shape index (κ1) is 49.0. The van der Waals surface area contributed by atoms with Gasteiger partial charge in [-0.2, -0.15) is 0 Å². The van der Waals surface area contributed by atoms with Gasteiger partial charge in [0.1, 0.15) is 0 Å². The van der Waals surface area contributed by atoms with Gasteiger partial charge < -0.3 is 74.1 Å². The second kappa shape index (κ2) is 27.0. The first-order valence-corrected chi connectivity index (χ1v) is 7.66. The third kappa shape index (κ3) is 30.8. The van der Waals surface area contributed by atoms with Crippen molar-refractivity contribution in [2.24, 2.45) is 0 Å². The molecule has 192 valence electrons. The molecule has 0 radical (unpaired) electrons. The molecule has 17 nitrogen and oxygen atoms in total. The molecule has 0 aromatic rings. The molecule has 0 atom stereocenters. The largest absolute Gasteiger partial charge is 4.00 e. The molecule has 0 saturated carbocycles. The zero-order chi connectivity index (χ0) is 21.0. The van der Waals surface area contributed by atoms with Crippen LogP contribution < -0.4 is 79.7 Å². The van der Waals surface area contributed by atoms with Gasteiger partial charge in [-0.1, -0.05) is 0 Å². The van der Waals surface area contributed by atoms with Crippen LogP contribution in [0.3, 0.4) is 0 Å². The Labute approximate surface area is 227 Å². The average Bonchev–Trinajstić information content (AvgIpc) is 2.46. The number of carbonyl (C=O) groups excluding carboxylic acids is 5. The van der Waals surface area contributed by atoms with Gasteiger partial charge >= 0.3 is 50.6 Å². The summed E-state index contributed by atoms with van der Waals surface area (Å²) in [6.45, 7) is -4.16. The summed E-state index contributed by atoms with van der Waals surface area (Å²) in [5.41, 5.74) is 0. The Morgan fingerprint density at radius 2 is 0.576 bits per heavy atom. The van der Waals surface area contributed by atoms with Gasteiger partial charge in [-0.15, -0.1) is 0 Å². The Kier molecular flexibility index (Phi) is 40.1. The summed E-state index contributed by atoms with van der Waals surface area (Å²) in [5, 5.41) is 53.3. The molecule has 0 fully saturated rings. The number of hydrogen-bond acceptors (Lipinski definition) is 17. The predicted octanol–water partition coefficient (Wildman–Crippen LogP) is -11.7. The molecule has 0 spiro atoms. The average molecular weight is 675 g/mol. The third-order valence-corrected chi connectivity index (χ3v) is 3.23. The quantitative estimate of drug-likeness (QED) is 0.110. The molecule has 0 saturated heterocycles. The summed E-state index contributed by atoms with van der Waals surface area (Å²) < 4.78 is 0. The molecule has 0 unspecified atom stereocenters. The monoisotopic (exact) mass is 674 g/mol. The van der Waals surface area contributed by atoms with Crippen molar-refractivity contribution >= 4 is 29.8 Å². The smallest absolute Gasteiger partial charge is 0.549 e. The summed E-state index contributed by atoms with van der Waals surface area (Å²) in [7, 11) is 0. The summed E-state index contributed by atoms with van der Waals surface area (Å²) in [6.07, 6.45) is 0. The molecule has 0 aliphatic rings. The summed E-state index contributed by atoms with van der Waals surface area (Å²) >= 11 is 0. The van der Waals surface area contributed by atoms with Crippen LogP contribution in [0.2, 0.25) is 0 Å². The van der Waals surface area contributed by atoms with Crippen molar-refractivity contribution in [2.75, 3.05) is 58.9 Å². The van der Waals surface area contributed by atoms with Crippen molar-refractivity contribution in [3.05, 3.63) is 0 Å². The molecule has 0 amide bonds. The molecule has 0 aromatic heterocycles. The molecule has 12 N–H and O–H groups in total. The van der Waals surface area contributed by atoms with Gasteiger partial charge in [-0.3, -0.25) is 14.7 Å². The molecule has 19 heteroatoms. The van der Waals surface area contributed by atoms with Gasteiger partial charge in [0.25, 0.3) is 0 Å². The Bertz CT molecular complexity index is 504. The summed E-state index contributed by atoms with van der Waals surface area (Å²) in [5.74, 6) is -7.67. The molecule has 33 heavy (non-hydrogen) atoms. The van der Waals surface area contributed by atoms with Crippen LogP contribution in [0.1, 0.15) is 0 Å². The number of aliphatic carboxylic acids is 5. The minimum atomic E-state index is -1.54. The van der Waals surface area contributed by atoms with Crippen molar-refractivity contribution in [1.82, 2.24) is 39.3 Å². The minimum absolute atomic E-state index is 0. The number of hydrogen-bond donors (Lipinski definition) is 4. The Morgan fingerprint density at radius 1 is 0.424 bits per heavy atom. The van der Waals surface area contributed by atoms with E-state index in [0.717, 1.165) is 9.80 Å². The molecular formula is C14H30N7NaO10Pt. The van der Waals surface area contributed by atoms with E-state index in [4.69, 9.17) is 0 Å². The van der Waals surface area contributed by atoms with Gasteiger partial charge in [0.2, 0.25) is 0 Å². The fraction of sp³-hybridized carbons (Fsp3) is 0.643. The van der Waals surface area contributed by atoms with Crippen LogP contribution in [0.5, 0.6) is 0 Å². The van der Waals surface area contributed by atoms with Crippen LogP contribution in [0.25, 0.3) is 0 Å². The standard InChI is InChI=1S/C14H23N3O10.4H3N.Na.Pt/c18-10(19)5-15(1-3-16(6-11(20)21)7-12(22)23)2-4-17(8-13(24)25)9-14(26)27;;;;;;/h1-9H2,(H,18,19)(H,20,21)(H,22,23)(H,24,25)(H,26,27);4*1H3;;/q;;;;;+1;+4/p-5. The van der Waals surface area contributed by atoms with Crippen LogP contribution in [-0.2, 0) is 45.0 Å². The van der Waals surface area contributed by atoms with Gasteiger partial charge in [0.05, 0.1) is 29.8 Å². The van der Waals surface area contributed by atoms with E-state index in [1.165, 1.54) is 4.90 Å². The number of carboxylic acid groups (broad SMARTS) is 5. The molecule has 0 aliphatic carbocycles. The van der Waals surface area contributed by atoms with Crippen molar-refractivity contribution < 1.29 is 100 Å². The fourth-order valence-corrected chi connectivity index (χ4v) is 2.18. The molecule has 0 aromatic carbocycles. The third-order valence-electron chi connectivity index (χ3n) is 3.23. The SMILES string of the molecule is N.N.N.N.O=C([O-])CN(CCN(CC(=O)[O-])CC(=O)[O-])CCN(CC(=O)[O-])CC(=O)[O-].[Na+].[Pt+4]. The second-order valence-corrected chi connectivity index (χ2v) is 5.56. The Balaban J connectivity index is -0.000000225. The van der Waals surface area contributed by atoms with Crippen LogP contribution >= 0.6 is 0 Å². The first-order chi connectivity index (χ1) is 12.5. The number of carbonyl (C=O) groups is 5. The van der Waals surface area contributed by atoms with Crippen molar-refractivity contribution in [3.63, 3.8) is 0 Å². The van der Waals surface area contributed by atoms with Gasteiger partial charge in [0, 0.05) is 58.9 Å². The van der Waals surface area contributed by atoms with Crippen molar-refractivity contribution in [3.8, 4) is 0 Å². The van der Waals surface area contributed by atoms with E-state index in [2.05, 4.69) is 0 Å². The maximum atomic E-state index is 10.8. The number of nitrogens with zero attached hydrogens (tertiary/aromatic N) is 3. The maximum absolute atomic E-state index is 10.8. The van der Waals surface area contributed by atoms with E-state index in [9.17, 15) is 49.5 Å². The molecule has 0 rings (SSSR count). The molecule has 0 aliphatic heterocycles. The van der Waals surface area contributed by atoms with Gasteiger partial charge in [-0.25, -0.2) is 0 Å². The van der Waals surface area contributed by atoms with E-state index < -0.39 is 62.6 Å². The van der Waals surface area contributed by atoms with Crippen molar-refractivity contribution in [2.45, 2.75) is 0 Å². The van der Waals surface area contributed by atoms with Crippen LogP contribution in [-0.4, -0.2) is 103 Å². The summed E-state index contributed by atoms with van der Waals surface area (Å²) in [6, 6.07) is 0. The van der Waals surface area contributed by atoms with Crippen molar-refractivity contribution in [1.29, 1.82) is 0 Å². The van der Waals surface area contributed by atoms with Gasteiger partial charge in [-0.05, 0) is 0 Å². The maximum Gasteiger partial charge on any atom is 4.00 e. The first-order valence-electron chi connectivity index (χ1n) is 7.66. The molecule has 0 heterocycles. The number of carboxylic acids is 5. The molecule has 0 bridgehead atoms. The Morgan fingerprint density at radius 3 is 0.758 bits per heavy atom. The molecular weight excluding hydrogens is 644 g/mol. The van der Waals surface area contributed by atoms with Crippen LogP contribution in [0, 0.1) is 0 Å². The zero-order valence-electron chi connectivity index (χ0n) is 18.4. The Hall–Kier alpha value is -1.24. The van der Waals surface area contributed by atoms with E-state index in [1.807, 2.05) is 0 Å². The van der Waals surface area contributed by atoms with E-state index >= 15 is 0 Å². The van der Waals surface area contributed by atoms with E-state index in [-0.39, 0.29) is 101 Å². The summed E-state index contributed by atoms with van der Waals surface area (Å²) in [4.78, 5) is 56.4.